The minimum absolute atomic E-state index is 0.0402. The molecule has 0 bridgehead atoms. The zero-order valence-corrected chi connectivity index (χ0v) is 26.0. The van der Waals surface area contributed by atoms with Crippen molar-refractivity contribution in [3.8, 4) is 11.5 Å². The maximum Gasteiger partial charge on any atom is 0.328 e. The first-order valence-corrected chi connectivity index (χ1v) is 14.7. The minimum atomic E-state index is -0.986. The van der Waals surface area contributed by atoms with E-state index < -0.39 is 18.0 Å². The van der Waals surface area contributed by atoms with Crippen molar-refractivity contribution in [2.45, 2.75) is 131 Å². The summed E-state index contributed by atoms with van der Waals surface area (Å²) in [4.78, 5) is 23.4. The molecule has 0 radical (unpaired) electrons. The first-order chi connectivity index (χ1) is 18.7. The van der Waals surface area contributed by atoms with Gasteiger partial charge >= 0.3 is 11.9 Å². The van der Waals surface area contributed by atoms with Crippen molar-refractivity contribution < 1.29 is 24.2 Å². The molecular formula is C34H51NO5. The van der Waals surface area contributed by atoms with Crippen LogP contribution in [0.4, 0.5) is 0 Å². The summed E-state index contributed by atoms with van der Waals surface area (Å²) in [5.74, 6) is -0.184. The molecule has 0 amide bonds. The predicted molar refractivity (Wildman–Crippen MR) is 163 cm³/mol. The third-order valence-electron chi connectivity index (χ3n) is 8.03. The molecule has 1 aliphatic heterocycles. The highest BCUT2D eigenvalue weighted by Gasteiger charge is 2.34. The quantitative estimate of drug-likeness (QED) is 0.138. The molecule has 1 aromatic rings. The van der Waals surface area contributed by atoms with E-state index in [2.05, 4.69) is 52.8 Å². The van der Waals surface area contributed by atoms with E-state index in [0.717, 1.165) is 79.4 Å². The largest absolute Gasteiger partial charge is 0.487 e. The van der Waals surface area contributed by atoms with Gasteiger partial charge in [-0.1, -0.05) is 34.9 Å². The number of carbonyl (C=O) groups excluding carboxylic acids is 1. The van der Waals surface area contributed by atoms with Crippen LogP contribution in [0.15, 0.2) is 34.9 Å². The molecule has 0 aliphatic carbocycles. The second-order valence-electron chi connectivity index (χ2n) is 12.0. The number of allylic oxidation sites excluding steroid dienone is 6. The summed E-state index contributed by atoms with van der Waals surface area (Å²) in [7, 11) is 0. The number of ether oxygens (including phenoxy) is 2. The minimum Gasteiger partial charge on any atom is -0.487 e. The molecule has 0 aromatic heterocycles. The molecule has 40 heavy (non-hydrogen) atoms. The molecule has 0 saturated carbocycles. The average Bonchev–Trinajstić information content (AvgIpc) is 2.87. The number of esters is 1. The second kappa shape index (κ2) is 15.2. The van der Waals surface area contributed by atoms with Crippen LogP contribution < -0.4 is 15.2 Å². The third kappa shape index (κ3) is 9.96. The van der Waals surface area contributed by atoms with Crippen LogP contribution in [0.5, 0.6) is 11.5 Å². The summed E-state index contributed by atoms with van der Waals surface area (Å²) < 4.78 is 12.4. The van der Waals surface area contributed by atoms with Gasteiger partial charge < -0.3 is 20.3 Å². The smallest absolute Gasteiger partial charge is 0.328 e. The molecule has 6 heteroatoms. The van der Waals surface area contributed by atoms with E-state index in [9.17, 15) is 9.59 Å². The standard InChI is InChI=1S/C34H51NO5/c1-22(2)12-9-13-23(3)14-10-15-24(4)16-11-20-34(8)21-19-28-27(7)31(25(5)26(6)32(28)40-34)39-33(38)29(35)17-18-30(36)37/h12,14,16,29H,9-11,13,15,17-21,35H2,1-8H3,(H,36,37)/b23-14+,24-16+. The van der Waals surface area contributed by atoms with Gasteiger partial charge in [0.15, 0.2) is 0 Å². The van der Waals surface area contributed by atoms with Crippen LogP contribution in [-0.4, -0.2) is 28.7 Å². The van der Waals surface area contributed by atoms with Crippen LogP contribution in [0, 0.1) is 20.8 Å². The van der Waals surface area contributed by atoms with Gasteiger partial charge in [0, 0.05) is 12.0 Å². The second-order valence-corrected chi connectivity index (χ2v) is 12.0. The first-order valence-electron chi connectivity index (χ1n) is 14.7. The Morgan fingerprint density at radius 2 is 1.55 bits per heavy atom. The fraction of sp³-hybridized carbons (Fsp3) is 0.588. The van der Waals surface area contributed by atoms with E-state index >= 15 is 0 Å². The molecule has 0 spiro atoms. The topological polar surface area (TPSA) is 98.9 Å². The Balaban J connectivity index is 2.00. The molecule has 1 aromatic carbocycles. The van der Waals surface area contributed by atoms with Crippen molar-refractivity contribution in [2.24, 2.45) is 5.73 Å². The molecular weight excluding hydrogens is 502 g/mol. The number of benzene rings is 1. The Morgan fingerprint density at radius 1 is 0.950 bits per heavy atom. The summed E-state index contributed by atoms with van der Waals surface area (Å²) in [6.07, 6.45) is 15.0. The Hall–Kier alpha value is -2.86. The van der Waals surface area contributed by atoms with Gasteiger partial charge in [0.05, 0.1) is 0 Å². The number of rotatable bonds is 14. The number of hydrogen-bond donors (Lipinski definition) is 2. The zero-order valence-electron chi connectivity index (χ0n) is 26.0. The van der Waals surface area contributed by atoms with E-state index in [1.54, 1.807) is 0 Å². The number of aliphatic carboxylic acids is 1. The number of carboxylic acids is 1. The predicted octanol–water partition coefficient (Wildman–Crippen LogP) is 7.99. The summed E-state index contributed by atoms with van der Waals surface area (Å²) in [6.45, 7) is 16.8. The zero-order chi connectivity index (χ0) is 30.0. The monoisotopic (exact) mass is 553 g/mol. The Kier molecular flexibility index (Phi) is 12.7. The van der Waals surface area contributed by atoms with Crippen molar-refractivity contribution in [1.29, 1.82) is 0 Å². The van der Waals surface area contributed by atoms with E-state index in [0.29, 0.717) is 5.75 Å². The lowest BCUT2D eigenvalue weighted by molar-refractivity contribution is -0.138. The summed E-state index contributed by atoms with van der Waals surface area (Å²) in [5, 5.41) is 8.88. The Morgan fingerprint density at radius 3 is 2.15 bits per heavy atom. The number of nitrogens with two attached hydrogens (primary N) is 1. The molecule has 3 N–H and O–H groups in total. The van der Waals surface area contributed by atoms with E-state index in [-0.39, 0.29) is 18.4 Å². The molecule has 2 rings (SSSR count). The summed E-state index contributed by atoms with van der Waals surface area (Å²) >= 11 is 0. The van der Waals surface area contributed by atoms with Gasteiger partial charge in [0.1, 0.15) is 23.1 Å². The van der Waals surface area contributed by atoms with Gasteiger partial charge in [0.25, 0.3) is 0 Å². The lowest BCUT2D eigenvalue weighted by Gasteiger charge is -2.38. The molecule has 6 nitrogen and oxygen atoms in total. The Bertz CT molecular complexity index is 1160. The third-order valence-corrected chi connectivity index (χ3v) is 8.03. The van der Waals surface area contributed by atoms with Crippen molar-refractivity contribution in [2.75, 3.05) is 0 Å². The van der Waals surface area contributed by atoms with Gasteiger partial charge in [-0.2, -0.15) is 0 Å². The van der Waals surface area contributed by atoms with Crippen molar-refractivity contribution in [3.05, 3.63) is 57.2 Å². The number of fused-ring (bicyclic) bond motifs is 1. The summed E-state index contributed by atoms with van der Waals surface area (Å²) in [5.41, 5.74) is 13.7. The van der Waals surface area contributed by atoms with E-state index in [4.69, 9.17) is 20.3 Å². The fourth-order valence-corrected chi connectivity index (χ4v) is 5.15. The van der Waals surface area contributed by atoms with Gasteiger partial charge in [-0.05, 0) is 130 Å². The van der Waals surface area contributed by atoms with Gasteiger partial charge in [-0.25, -0.2) is 4.79 Å². The first kappa shape index (κ1) is 33.3. The average molecular weight is 554 g/mol. The Labute approximate surface area is 241 Å². The lowest BCUT2D eigenvalue weighted by Crippen LogP contribution is -2.37. The molecule has 1 heterocycles. The maximum absolute atomic E-state index is 12.6. The molecule has 0 saturated heterocycles. The number of carboxylic acid groups (broad SMARTS) is 1. The van der Waals surface area contributed by atoms with Gasteiger partial charge in [-0.3, -0.25) is 4.79 Å². The van der Waals surface area contributed by atoms with Crippen LogP contribution in [0.2, 0.25) is 0 Å². The normalized spacial score (nSPS) is 18.0. The highest BCUT2D eigenvalue weighted by Crippen LogP contribution is 2.45. The van der Waals surface area contributed by atoms with Crippen LogP contribution in [-0.2, 0) is 16.0 Å². The van der Waals surface area contributed by atoms with Crippen LogP contribution in [0.25, 0.3) is 0 Å². The summed E-state index contributed by atoms with van der Waals surface area (Å²) in [6, 6.07) is -0.977. The molecule has 0 fully saturated rings. The molecule has 1 aliphatic rings. The molecule has 222 valence electrons. The number of carbonyl (C=O) groups is 2. The van der Waals surface area contributed by atoms with Crippen molar-refractivity contribution >= 4 is 11.9 Å². The maximum atomic E-state index is 12.6. The van der Waals surface area contributed by atoms with Crippen LogP contribution in [0.1, 0.15) is 115 Å². The van der Waals surface area contributed by atoms with E-state index in [1.807, 2.05) is 20.8 Å². The fourth-order valence-electron chi connectivity index (χ4n) is 5.15. The number of hydrogen-bond acceptors (Lipinski definition) is 5. The lowest BCUT2D eigenvalue weighted by atomic mass is 9.85. The highest BCUT2D eigenvalue weighted by atomic mass is 16.5. The van der Waals surface area contributed by atoms with Crippen molar-refractivity contribution in [3.63, 3.8) is 0 Å². The van der Waals surface area contributed by atoms with Gasteiger partial charge in [-0.15, -0.1) is 0 Å². The van der Waals surface area contributed by atoms with Crippen LogP contribution in [0.3, 0.4) is 0 Å². The molecule has 2 atom stereocenters. The highest BCUT2D eigenvalue weighted by molar-refractivity contribution is 5.80. The van der Waals surface area contributed by atoms with Gasteiger partial charge in [0.2, 0.25) is 0 Å². The van der Waals surface area contributed by atoms with E-state index in [1.165, 1.54) is 16.7 Å². The van der Waals surface area contributed by atoms with Crippen molar-refractivity contribution in [1.82, 2.24) is 0 Å². The SMILES string of the molecule is CC(C)=CCC/C(C)=C/CC/C(C)=C/CCC1(C)CCc2c(C)c(OC(=O)C(N)CCC(=O)O)c(C)c(C)c2O1. The molecule has 2 unspecified atom stereocenters. The van der Waals surface area contributed by atoms with Crippen LogP contribution >= 0.6 is 0 Å².